The van der Waals surface area contributed by atoms with Crippen molar-refractivity contribution in [3.05, 3.63) is 70.8 Å². The monoisotopic (exact) mass is 437 g/mol. The normalized spacial score (nSPS) is 19.8. The highest BCUT2D eigenvalue weighted by atomic mass is 16.3. The molecule has 2 atom stereocenters. The zero-order valence-corrected chi connectivity index (χ0v) is 18.2. The first kappa shape index (κ1) is 22.5. The second kappa shape index (κ2) is 10.3. The van der Waals surface area contributed by atoms with Gasteiger partial charge < -0.3 is 25.7 Å². The van der Waals surface area contributed by atoms with Gasteiger partial charge in [-0.15, -0.1) is 0 Å². The standard InChI is InChI=1S/C25H31N3O4/c29-16-17-9-11-28(12-10-17)25(32)19-7-5-18(6-8-19)24(31)27-15-23(30)22-13-20-3-1-2-4-21(20)14-26-22/h1-8,17,22-23,26,29-30H,9-16H2,(H,27,31). The fraction of sp³-hybridized carbons (Fsp3) is 0.440. The van der Waals surface area contributed by atoms with Crippen molar-refractivity contribution in [3.63, 3.8) is 0 Å². The number of aliphatic hydroxyl groups is 2. The Kier molecular flexibility index (Phi) is 7.19. The molecule has 2 unspecified atom stereocenters. The van der Waals surface area contributed by atoms with E-state index in [0.29, 0.717) is 30.8 Å². The molecule has 2 heterocycles. The van der Waals surface area contributed by atoms with Crippen molar-refractivity contribution < 1.29 is 19.8 Å². The molecule has 7 heteroatoms. The third-order valence-electron chi connectivity index (χ3n) is 6.60. The van der Waals surface area contributed by atoms with Crippen LogP contribution in [0.5, 0.6) is 0 Å². The molecule has 7 nitrogen and oxygen atoms in total. The van der Waals surface area contributed by atoms with Crippen LogP contribution in [0.1, 0.15) is 44.7 Å². The zero-order chi connectivity index (χ0) is 22.5. The lowest BCUT2D eigenvalue weighted by Gasteiger charge is -2.31. The number of piperidine rings is 1. The summed E-state index contributed by atoms with van der Waals surface area (Å²) in [5, 5.41) is 25.9. The van der Waals surface area contributed by atoms with E-state index < -0.39 is 6.10 Å². The van der Waals surface area contributed by atoms with Gasteiger partial charge in [0.2, 0.25) is 0 Å². The third-order valence-corrected chi connectivity index (χ3v) is 6.60. The lowest BCUT2D eigenvalue weighted by Crippen LogP contribution is -2.49. The van der Waals surface area contributed by atoms with Gasteiger partial charge >= 0.3 is 0 Å². The summed E-state index contributed by atoms with van der Waals surface area (Å²) in [4.78, 5) is 27.0. The summed E-state index contributed by atoms with van der Waals surface area (Å²) < 4.78 is 0. The lowest BCUT2D eigenvalue weighted by atomic mass is 9.93. The molecule has 0 radical (unpaired) electrons. The van der Waals surface area contributed by atoms with E-state index in [1.54, 1.807) is 29.2 Å². The van der Waals surface area contributed by atoms with Gasteiger partial charge in [0.1, 0.15) is 0 Å². The minimum Gasteiger partial charge on any atom is -0.396 e. The molecule has 4 N–H and O–H groups in total. The Balaban J connectivity index is 1.27. The predicted octanol–water partition coefficient (Wildman–Crippen LogP) is 1.34. The molecular weight excluding hydrogens is 406 g/mol. The SMILES string of the molecule is O=C(NCC(O)C1Cc2ccccc2CN1)c1ccc(C(=O)N2CCC(CO)CC2)cc1. The van der Waals surface area contributed by atoms with Crippen LogP contribution in [-0.2, 0) is 13.0 Å². The number of fused-ring (bicyclic) bond motifs is 1. The van der Waals surface area contributed by atoms with E-state index in [0.717, 1.165) is 19.3 Å². The number of aliphatic hydroxyl groups excluding tert-OH is 2. The van der Waals surface area contributed by atoms with Crippen LogP contribution in [0.4, 0.5) is 0 Å². The number of nitrogens with one attached hydrogen (secondary N) is 2. The summed E-state index contributed by atoms with van der Waals surface area (Å²) in [5.41, 5.74) is 3.47. The van der Waals surface area contributed by atoms with Crippen molar-refractivity contribution in [3.8, 4) is 0 Å². The Morgan fingerprint density at radius 3 is 2.38 bits per heavy atom. The number of carbonyl (C=O) groups is 2. The van der Waals surface area contributed by atoms with Gasteiger partial charge in [0.15, 0.2) is 0 Å². The van der Waals surface area contributed by atoms with Crippen molar-refractivity contribution in [2.24, 2.45) is 5.92 Å². The Bertz CT molecular complexity index is 938. The first-order valence-corrected chi connectivity index (χ1v) is 11.3. The first-order chi connectivity index (χ1) is 15.5. The molecule has 2 amide bonds. The number of hydrogen-bond acceptors (Lipinski definition) is 5. The lowest BCUT2D eigenvalue weighted by molar-refractivity contribution is 0.0650. The van der Waals surface area contributed by atoms with Crippen LogP contribution in [0.3, 0.4) is 0 Å². The van der Waals surface area contributed by atoms with E-state index in [2.05, 4.69) is 22.8 Å². The maximum Gasteiger partial charge on any atom is 0.253 e. The highest BCUT2D eigenvalue weighted by molar-refractivity contribution is 5.97. The number of carbonyl (C=O) groups excluding carboxylic acids is 2. The van der Waals surface area contributed by atoms with E-state index in [1.807, 2.05) is 12.1 Å². The van der Waals surface area contributed by atoms with Crippen LogP contribution in [0.25, 0.3) is 0 Å². The van der Waals surface area contributed by atoms with E-state index in [9.17, 15) is 19.8 Å². The first-order valence-electron chi connectivity index (χ1n) is 11.3. The van der Waals surface area contributed by atoms with Crippen molar-refractivity contribution in [1.82, 2.24) is 15.5 Å². The zero-order valence-electron chi connectivity index (χ0n) is 18.2. The molecule has 0 bridgehead atoms. The van der Waals surface area contributed by atoms with Gasteiger partial charge in [-0.2, -0.15) is 0 Å². The molecule has 0 aliphatic carbocycles. The summed E-state index contributed by atoms with van der Waals surface area (Å²) in [5.74, 6) is -0.0468. The smallest absolute Gasteiger partial charge is 0.253 e. The molecule has 1 saturated heterocycles. The number of rotatable bonds is 6. The van der Waals surface area contributed by atoms with Gasteiger partial charge in [-0.3, -0.25) is 9.59 Å². The molecule has 2 aliphatic rings. The Hall–Kier alpha value is -2.74. The van der Waals surface area contributed by atoms with Gasteiger partial charge in [0, 0.05) is 50.0 Å². The summed E-state index contributed by atoms with van der Waals surface area (Å²) in [6, 6.07) is 14.7. The van der Waals surface area contributed by atoms with Crippen LogP contribution in [0.15, 0.2) is 48.5 Å². The maximum absolute atomic E-state index is 12.7. The summed E-state index contributed by atoms with van der Waals surface area (Å²) in [6.45, 7) is 2.32. The molecule has 32 heavy (non-hydrogen) atoms. The second-order valence-electron chi connectivity index (χ2n) is 8.73. The maximum atomic E-state index is 12.7. The number of hydrogen-bond donors (Lipinski definition) is 4. The van der Waals surface area contributed by atoms with Gasteiger partial charge in [0.25, 0.3) is 11.8 Å². The molecule has 1 fully saturated rings. The minimum absolute atomic E-state index is 0.0487. The second-order valence-corrected chi connectivity index (χ2v) is 8.73. The van der Waals surface area contributed by atoms with Crippen molar-refractivity contribution in [2.45, 2.75) is 38.0 Å². The van der Waals surface area contributed by atoms with Gasteiger partial charge in [0.05, 0.1) is 6.10 Å². The number of likely N-dealkylation sites (tertiary alicyclic amines) is 1. The molecule has 0 saturated carbocycles. The highest BCUT2D eigenvalue weighted by Gasteiger charge is 2.25. The Labute approximate surface area is 188 Å². The topological polar surface area (TPSA) is 102 Å². The predicted molar refractivity (Wildman–Crippen MR) is 121 cm³/mol. The van der Waals surface area contributed by atoms with Gasteiger partial charge in [-0.25, -0.2) is 0 Å². The average molecular weight is 438 g/mol. The van der Waals surface area contributed by atoms with Gasteiger partial charge in [-0.05, 0) is 60.6 Å². The molecule has 0 spiro atoms. The summed E-state index contributed by atoms with van der Waals surface area (Å²) >= 11 is 0. The van der Waals surface area contributed by atoms with Crippen LogP contribution in [-0.4, -0.2) is 65.3 Å². The fourth-order valence-corrected chi connectivity index (χ4v) is 4.46. The quantitative estimate of drug-likeness (QED) is 0.546. The molecule has 2 aliphatic heterocycles. The number of nitrogens with zero attached hydrogens (tertiary/aromatic N) is 1. The van der Waals surface area contributed by atoms with Crippen molar-refractivity contribution in [2.75, 3.05) is 26.2 Å². The van der Waals surface area contributed by atoms with Crippen LogP contribution >= 0.6 is 0 Å². The van der Waals surface area contributed by atoms with Crippen molar-refractivity contribution >= 4 is 11.8 Å². The van der Waals surface area contributed by atoms with E-state index in [4.69, 9.17) is 0 Å². The Morgan fingerprint density at radius 1 is 1.03 bits per heavy atom. The molecule has 4 rings (SSSR count). The van der Waals surface area contributed by atoms with Crippen molar-refractivity contribution in [1.29, 1.82) is 0 Å². The minimum atomic E-state index is -0.699. The molecular formula is C25H31N3O4. The van der Waals surface area contributed by atoms with E-state index in [-0.39, 0.29) is 36.9 Å². The van der Waals surface area contributed by atoms with Crippen LogP contribution in [0.2, 0.25) is 0 Å². The number of amides is 2. The number of benzene rings is 2. The Morgan fingerprint density at radius 2 is 1.69 bits per heavy atom. The van der Waals surface area contributed by atoms with E-state index >= 15 is 0 Å². The summed E-state index contributed by atoms with van der Waals surface area (Å²) in [7, 11) is 0. The van der Waals surface area contributed by atoms with E-state index in [1.165, 1.54) is 11.1 Å². The molecule has 2 aromatic carbocycles. The third kappa shape index (κ3) is 5.18. The molecule has 170 valence electrons. The fourth-order valence-electron chi connectivity index (χ4n) is 4.46. The average Bonchev–Trinajstić information content (AvgIpc) is 2.86. The van der Waals surface area contributed by atoms with Crippen LogP contribution < -0.4 is 10.6 Å². The van der Waals surface area contributed by atoms with Crippen LogP contribution in [0, 0.1) is 5.92 Å². The summed E-state index contributed by atoms with van der Waals surface area (Å²) in [6.07, 6.45) is 1.65. The highest BCUT2D eigenvalue weighted by Crippen LogP contribution is 2.19. The molecule has 2 aromatic rings. The largest absolute Gasteiger partial charge is 0.396 e. The molecule has 0 aromatic heterocycles. The van der Waals surface area contributed by atoms with Gasteiger partial charge in [-0.1, -0.05) is 24.3 Å².